The fourth-order valence-corrected chi connectivity index (χ4v) is 2.29. The van der Waals surface area contributed by atoms with E-state index in [2.05, 4.69) is 0 Å². The molecule has 0 aliphatic rings. The lowest BCUT2D eigenvalue weighted by Gasteiger charge is -2.09. The zero-order valence-corrected chi connectivity index (χ0v) is 12.1. The van der Waals surface area contributed by atoms with Crippen molar-refractivity contribution in [1.29, 1.82) is 0 Å². The van der Waals surface area contributed by atoms with E-state index in [0.29, 0.717) is 25.5 Å². The molecule has 113 valence electrons. The molecule has 0 amide bonds. The van der Waals surface area contributed by atoms with Gasteiger partial charge in [-0.15, -0.1) is 0 Å². The Labute approximate surface area is 116 Å². The Kier molecular flexibility index (Phi) is 7.14. The van der Waals surface area contributed by atoms with Gasteiger partial charge in [0.25, 0.3) is 0 Å². The van der Waals surface area contributed by atoms with Crippen molar-refractivity contribution in [3.05, 3.63) is 34.9 Å². The van der Waals surface area contributed by atoms with Crippen LogP contribution in [0, 0.1) is 23.3 Å². The van der Waals surface area contributed by atoms with E-state index in [9.17, 15) is 17.6 Å². The third-order valence-electron chi connectivity index (χ3n) is 2.57. The average molecular weight is 311 g/mol. The Morgan fingerprint density at radius 2 is 1.60 bits per heavy atom. The van der Waals surface area contributed by atoms with Gasteiger partial charge in [0, 0.05) is 20.8 Å². The smallest absolute Gasteiger partial charge is 0.375 e. The molecule has 1 radical (unpaired) electrons. The number of rotatable bonds is 8. The van der Waals surface area contributed by atoms with Gasteiger partial charge in [-0.2, -0.15) is 0 Å². The van der Waals surface area contributed by atoms with Crippen molar-refractivity contribution < 1.29 is 30.8 Å². The summed E-state index contributed by atoms with van der Waals surface area (Å²) in [6.07, 6.45) is 1.05. The van der Waals surface area contributed by atoms with Gasteiger partial charge in [-0.3, -0.25) is 0 Å². The number of hydrogen-bond acceptors (Lipinski definition) is 3. The number of aryl methyl sites for hydroxylation is 1. The summed E-state index contributed by atoms with van der Waals surface area (Å²) in [6, 6.07) is 0.675. The van der Waals surface area contributed by atoms with Crippen LogP contribution in [0.15, 0.2) is 6.07 Å². The molecular formula is C12H15F4O3Si. The van der Waals surface area contributed by atoms with E-state index < -0.39 is 32.8 Å². The maximum atomic E-state index is 13.3. The molecule has 0 atom stereocenters. The zero-order chi connectivity index (χ0) is 15.1. The van der Waals surface area contributed by atoms with Crippen LogP contribution in [-0.4, -0.2) is 30.4 Å². The summed E-state index contributed by atoms with van der Waals surface area (Å²) in [5.41, 5.74) is -0.189. The third-order valence-corrected chi connectivity index (χ3v) is 3.68. The zero-order valence-electron chi connectivity index (χ0n) is 11.1. The molecule has 0 aliphatic carbocycles. The lowest BCUT2D eigenvalue weighted by atomic mass is 10.1. The summed E-state index contributed by atoms with van der Waals surface area (Å²) in [5.74, 6) is -6.30. The van der Waals surface area contributed by atoms with Crippen molar-refractivity contribution in [3.8, 4) is 0 Å². The number of benzene rings is 1. The standard InChI is InChI=1S/C12H15F4O3Si/c1-17-20(18-2)19-6-4-3-5-8-7-9(13)11(15)12(16)10(8)14/h7H,3-6H2,1-2H3. The van der Waals surface area contributed by atoms with Crippen LogP contribution in [-0.2, 0) is 19.7 Å². The van der Waals surface area contributed by atoms with Gasteiger partial charge in [0.2, 0.25) is 0 Å². The summed E-state index contributed by atoms with van der Waals surface area (Å²) < 4.78 is 67.0. The van der Waals surface area contributed by atoms with Gasteiger partial charge in [-0.1, -0.05) is 0 Å². The fourth-order valence-electron chi connectivity index (χ4n) is 1.58. The normalized spacial score (nSPS) is 11.3. The first-order valence-corrected chi connectivity index (χ1v) is 7.13. The number of halogens is 4. The van der Waals surface area contributed by atoms with Crippen LogP contribution in [0.1, 0.15) is 18.4 Å². The van der Waals surface area contributed by atoms with E-state index >= 15 is 0 Å². The fraction of sp³-hybridized carbons (Fsp3) is 0.500. The molecule has 0 heterocycles. The lowest BCUT2D eigenvalue weighted by molar-refractivity contribution is 0.133. The lowest BCUT2D eigenvalue weighted by Crippen LogP contribution is -2.24. The first-order chi connectivity index (χ1) is 9.51. The highest BCUT2D eigenvalue weighted by atomic mass is 28.3. The Balaban J connectivity index is 2.43. The Morgan fingerprint density at radius 1 is 0.950 bits per heavy atom. The van der Waals surface area contributed by atoms with Gasteiger partial charge in [0.05, 0.1) is 0 Å². The molecule has 0 fully saturated rings. The van der Waals surface area contributed by atoms with Crippen molar-refractivity contribution in [2.24, 2.45) is 0 Å². The van der Waals surface area contributed by atoms with E-state index in [0.717, 1.165) is 0 Å². The molecule has 8 heteroatoms. The minimum absolute atomic E-state index is 0.0886. The van der Waals surface area contributed by atoms with Gasteiger partial charge in [0.15, 0.2) is 23.3 Å². The number of hydrogen-bond donors (Lipinski definition) is 0. The van der Waals surface area contributed by atoms with E-state index in [1.165, 1.54) is 14.2 Å². The quantitative estimate of drug-likeness (QED) is 0.243. The largest absolute Gasteiger partial charge is 0.577 e. The molecule has 1 rings (SSSR count). The molecule has 0 saturated carbocycles. The van der Waals surface area contributed by atoms with E-state index in [-0.39, 0.29) is 12.0 Å². The summed E-state index contributed by atoms with van der Waals surface area (Å²) in [5, 5.41) is 0. The molecule has 0 bridgehead atoms. The maximum absolute atomic E-state index is 13.3. The second-order valence-electron chi connectivity index (χ2n) is 3.92. The molecule has 0 aliphatic heterocycles. The predicted molar refractivity (Wildman–Crippen MR) is 64.9 cm³/mol. The first kappa shape index (κ1) is 17.1. The predicted octanol–water partition coefficient (Wildman–Crippen LogP) is 2.86. The molecule has 0 unspecified atom stereocenters. The van der Waals surface area contributed by atoms with Crippen LogP contribution in [0.25, 0.3) is 0 Å². The molecular weight excluding hydrogens is 296 g/mol. The monoisotopic (exact) mass is 311 g/mol. The molecule has 3 nitrogen and oxygen atoms in total. The summed E-state index contributed by atoms with van der Waals surface area (Å²) in [6.45, 7) is 0.323. The first-order valence-electron chi connectivity index (χ1n) is 5.90. The highest BCUT2D eigenvalue weighted by Crippen LogP contribution is 2.20. The maximum Gasteiger partial charge on any atom is 0.577 e. The van der Waals surface area contributed by atoms with Crippen LogP contribution in [0.2, 0.25) is 0 Å². The third kappa shape index (κ3) is 4.55. The van der Waals surface area contributed by atoms with Crippen LogP contribution in [0.5, 0.6) is 0 Å². The van der Waals surface area contributed by atoms with E-state index in [1.54, 1.807) is 0 Å². The summed E-state index contributed by atoms with van der Waals surface area (Å²) in [7, 11) is 1.17. The van der Waals surface area contributed by atoms with Crippen LogP contribution in [0.3, 0.4) is 0 Å². The molecule has 1 aromatic carbocycles. The second-order valence-corrected chi connectivity index (χ2v) is 5.53. The van der Waals surface area contributed by atoms with Crippen molar-refractivity contribution >= 4 is 9.53 Å². The molecule has 1 aromatic rings. The SMILES string of the molecule is CO[Si](OC)OCCCCc1cc(F)c(F)c(F)c1F. The van der Waals surface area contributed by atoms with Crippen molar-refractivity contribution in [3.63, 3.8) is 0 Å². The summed E-state index contributed by atoms with van der Waals surface area (Å²) in [4.78, 5) is 0. The van der Waals surface area contributed by atoms with Crippen molar-refractivity contribution in [2.75, 3.05) is 20.8 Å². The van der Waals surface area contributed by atoms with Gasteiger partial charge in [-0.25, -0.2) is 17.6 Å². The topological polar surface area (TPSA) is 27.7 Å². The molecule has 20 heavy (non-hydrogen) atoms. The molecule has 0 aromatic heterocycles. The Morgan fingerprint density at radius 3 is 2.20 bits per heavy atom. The highest BCUT2D eigenvalue weighted by Gasteiger charge is 2.18. The molecule has 0 spiro atoms. The highest BCUT2D eigenvalue weighted by molar-refractivity contribution is 6.36. The van der Waals surface area contributed by atoms with E-state index in [4.69, 9.17) is 13.3 Å². The summed E-state index contributed by atoms with van der Waals surface area (Å²) >= 11 is 0. The average Bonchev–Trinajstić information content (AvgIpc) is 2.45. The van der Waals surface area contributed by atoms with Crippen molar-refractivity contribution in [2.45, 2.75) is 19.3 Å². The van der Waals surface area contributed by atoms with Gasteiger partial charge in [0.1, 0.15) is 0 Å². The Bertz CT molecular complexity index is 441. The van der Waals surface area contributed by atoms with Gasteiger partial charge < -0.3 is 13.3 Å². The number of unbranched alkanes of at least 4 members (excludes halogenated alkanes) is 1. The minimum atomic E-state index is -1.79. The van der Waals surface area contributed by atoms with Crippen LogP contribution < -0.4 is 0 Å². The second kappa shape index (κ2) is 8.35. The van der Waals surface area contributed by atoms with Gasteiger partial charge >= 0.3 is 9.53 Å². The molecule has 0 N–H and O–H groups in total. The van der Waals surface area contributed by atoms with Crippen LogP contribution in [0.4, 0.5) is 17.6 Å². The van der Waals surface area contributed by atoms with E-state index in [1.807, 2.05) is 0 Å². The van der Waals surface area contributed by atoms with Crippen molar-refractivity contribution in [1.82, 2.24) is 0 Å². The minimum Gasteiger partial charge on any atom is -0.375 e. The van der Waals surface area contributed by atoms with Crippen LogP contribution >= 0.6 is 0 Å². The molecule has 0 saturated heterocycles. The Hall–Kier alpha value is -0.963. The van der Waals surface area contributed by atoms with Gasteiger partial charge in [-0.05, 0) is 30.9 Å².